The minimum atomic E-state index is -1.66. The van der Waals surface area contributed by atoms with Gasteiger partial charge in [0, 0.05) is 29.2 Å². The number of hydrogen-bond acceptors (Lipinski definition) is 5. The van der Waals surface area contributed by atoms with Crippen molar-refractivity contribution in [2.24, 2.45) is 0 Å². The zero-order valence-electron chi connectivity index (χ0n) is 13.6. The highest BCUT2D eigenvalue weighted by Gasteiger charge is 2.52. The maximum Gasteiger partial charge on any atom is 0.515 e. The van der Waals surface area contributed by atoms with Gasteiger partial charge >= 0.3 is 6.16 Å². The van der Waals surface area contributed by atoms with Crippen molar-refractivity contribution in [3.8, 4) is 5.75 Å². The van der Waals surface area contributed by atoms with Crippen LogP contribution in [0.3, 0.4) is 0 Å². The van der Waals surface area contributed by atoms with Crippen molar-refractivity contribution in [3.05, 3.63) is 90.3 Å². The van der Waals surface area contributed by atoms with Crippen molar-refractivity contribution in [2.45, 2.75) is 5.60 Å². The lowest BCUT2D eigenvalue weighted by Gasteiger charge is -2.27. The zero-order valence-corrected chi connectivity index (χ0v) is 13.6. The summed E-state index contributed by atoms with van der Waals surface area (Å²) in [5.41, 5.74) is -0.110. The van der Waals surface area contributed by atoms with Crippen LogP contribution in [0.15, 0.2) is 79.1 Å². The Morgan fingerprint density at radius 1 is 0.962 bits per heavy atom. The van der Waals surface area contributed by atoms with Gasteiger partial charge in [0.25, 0.3) is 5.91 Å². The lowest BCUT2D eigenvalue weighted by atomic mass is 9.88. The highest BCUT2D eigenvalue weighted by Crippen LogP contribution is 2.43. The summed E-state index contributed by atoms with van der Waals surface area (Å²) in [5.74, 6) is -0.151. The van der Waals surface area contributed by atoms with E-state index in [1.165, 1.54) is 6.20 Å². The van der Waals surface area contributed by atoms with Crippen molar-refractivity contribution in [1.29, 1.82) is 0 Å². The molecule has 1 aliphatic heterocycles. The second-order valence-corrected chi connectivity index (χ2v) is 5.69. The van der Waals surface area contributed by atoms with E-state index in [0.717, 1.165) is 0 Å². The molecule has 1 aliphatic rings. The number of rotatable bonds is 3. The van der Waals surface area contributed by atoms with Crippen LogP contribution in [0.25, 0.3) is 0 Å². The van der Waals surface area contributed by atoms with Crippen LogP contribution in [0.1, 0.15) is 11.1 Å². The van der Waals surface area contributed by atoms with Gasteiger partial charge in [-0.2, -0.15) is 0 Å². The highest BCUT2D eigenvalue weighted by atomic mass is 16.7. The molecule has 3 aromatic rings. The standard InChI is InChI=1S/C20H14N2O4/c23-18-20(14-7-6-12-21-13-14,16-10-4-5-11-17(16)22-18)26-19(24)25-15-8-2-1-3-9-15/h1-13H,(H,22,23). The fraction of sp³-hybridized carbons (Fsp3) is 0.0500. The Hall–Kier alpha value is -3.67. The molecule has 6 nitrogen and oxygen atoms in total. The first kappa shape index (κ1) is 15.8. The monoisotopic (exact) mass is 346 g/mol. The van der Waals surface area contributed by atoms with Gasteiger partial charge in [-0.15, -0.1) is 0 Å². The molecule has 1 N–H and O–H groups in total. The van der Waals surface area contributed by atoms with Crippen LogP contribution in [0.2, 0.25) is 0 Å². The first-order valence-electron chi connectivity index (χ1n) is 7.97. The van der Waals surface area contributed by atoms with Gasteiger partial charge in [-0.25, -0.2) is 4.79 Å². The van der Waals surface area contributed by atoms with Gasteiger partial charge < -0.3 is 14.8 Å². The number of para-hydroxylation sites is 2. The van der Waals surface area contributed by atoms with Crippen LogP contribution in [0, 0.1) is 0 Å². The molecule has 0 fully saturated rings. The Kier molecular flexibility index (Phi) is 3.85. The second-order valence-electron chi connectivity index (χ2n) is 5.69. The van der Waals surface area contributed by atoms with Crippen molar-refractivity contribution in [2.75, 3.05) is 5.32 Å². The van der Waals surface area contributed by atoms with Crippen molar-refractivity contribution < 1.29 is 19.1 Å². The summed E-state index contributed by atoms with van der Waals surface area (Å²) < 4.78 is 10.8. The van der Waals surface area contributed by atoms with E-state index in [9.17, 15) is 9.59 Å². The predicted molar refractivity (Wildman–Crippen MR) is 93.6 cm³/mol. The lowest BCUT2D eigenvalue weighted by Crippen LogP contribution is -2.41. The molecule has 2 aromatic carbocycles. The van der Waals surface area contributed by atoms with Crippen LogP contribution in [-0.4, -0.2) is 17.0 Å². The minimum absolute atomic E-state index is 0.325. The first-order chi connectivity index (χ1) is 12.7. The molecule has 1 amide bonds. The molecule has 0 spiro atoms. The molecule has 26 heavy (non-hydrogen) atoms. The van der Waals surface area contributed by atoms with Crippen molar-refractivity contribution in [1.82, 2.24) is 4.98 Å². The third-order valence-corrected chi connectivity index (χ3v) is 4.12. The molecule has 1 aromatic heterocycles. The lowest BCUT2D eigenvalue weighted by molar-refractivity contribution is -0.131. The predicted octanol–water partition coefficient (Wildman–Crippen LogP) is 3.49. The Labute approximate surface area is 149 Å². The summed E-state index contributed by atoms with van der Waals surface area (Å²) in [6.45, 7) is 0. The normalized spacial score (nSPS) is 17.9. The average molecular weight is 346 g/mol. The van der Waals surface area contributed by atoms with Crippen molar-refractivity contribution >= 4 is 17.7 Å². The Balaban J connectivity index is 1.76. The van der Waals surface area contributed by atoms with Gasteiger partial charge in [0.05, 0.1) is 0 Å². The number of benzene rings is 2. The summed E-state index contributed by atoms with van der Waals surface area (Å²) in [4.78, 5) is 29.4. The largest absolute Gasteiger partial charge is 0.515 e. The highest BCUT2D eigenvalue weighted by molar-refractivity contribution is 6.08. The molecule has 0 bridgehead atoms. The number of fused-ring (bicyclic) bond motifs is 1. The fourth-order valence-electron chi connectivity index (χ4n) is 2.98. The molecule has 0 aliphatic carbocycles. The molecular weight excluding hydrogens is 332 g/mol. The minimum Gasteiger partial charge on any atom is -0.407 e. The van der Waals surface area contributed by atoms with Crippen LogP contribution < -0.4 is 10.1 Å². The van der Waals surface area contributed by atoms with E-state index in [2.05, 4.69) is 10.3 Å². The van der Waals surface area contributed by atoms with Gasteiger partial charge in [-0.3, -0.25) is 9.78 Å². The van der Waals surface area contributed by atoms with Gasteiger partial charge in [0.1, 0.15) is 5.75 Å². The van der Waals surface area contributed by atoms with Gasteiger partial charge in [0.2, 0.25) is 5.60 Å². The molecule has 1 atom stereocenters. The summed E-state index contributed by atoms with van der Waals surface area (Å²) in [5, 5.41) is 2.76. The van der Waals surface area contributed by atoms with E-state index < -0.39 is 17.7 Å². The Morgan fingerprint density at radius 3 is 2.50 bits per heavy atom. The molecule has 1 unspecified atom stereocenters. The molecular formula is C20H14N2O4. The number of nitrogens with zero attached hydrogens (tertiary/aromatic N) is 1. The summed E-state index contributed by atoms with van der Waals surface area (Å²) in [6, 6.07) is 18.9. The van der Waals surface area contributed by atoms with Gasteiger partial charge in [-0.1, -0.05) is 42.5 Å². The Bertz CT molecular complexity index is 960. The van der Waals surface area contributed by atoms with E-state index in [1.54, 1.807) is 72.9 Å². The number of carbonyl (C=O) groups is 2. The quantitative estimate of drug-likeness (QED) is 0.580. The average Bonchev–Trinajstić information content (AvgIpc) is 2.96. The molecule has 4 rings (SSSR count). The van der Waals surface area contributed by atoms with Crippen molar-refractivity contribution in [3.63, 3.8) is 0 Å². The molecule has 0 radical (unpaired) electrons. The number of hydrogen-bond donors (Lipinski definition) is 1. The maximum atomic E-state index is 12.9. The number of ether oxygens (including phenoxy) is 2. The SMILES string of the molecule is O=C(Oc1ccccc1)OC1(c2cccnc2)C(=O)Nc2ccccc21. The van der Waals surface area contributed by atoms with E-state index in [-0.39, 0.29) is 0 Å². The third-order valence-electron chi connectivity index (χ3n) is 4.12. The fourth-order valence-corrected chi connectivity index (χ4v) is 2.98. The van der Waals surface area contributed by atoms with Crippen LogP contribution in [0.4, 0.5) is 10.5 Å². The van der Waals surface area contributed by atoms with E-state index in [4.69, 9.17) is 9.47 Å². The summed E-state index contributed by atoms with van der Waals surface area (Å²) >= 11 is 0. The second kappa shape index (κ2) is 6.33. The molecule has 0 saturated heterocycles. The summed E-state index contributed by atoms with van der Waals surface area (Å²) in [7, 11) is 0. The topological polar surface area (TPSA) is 77.5 Å². The first-order valence-corrected chi connectivity index (χ1v) is 7.97. The number of amides is 1. The van der Waals surface area contributed by atoms with E-state index in [1.807, 2.05) is 0 Å². The zero-order chi connectivity index (χ0) is 18.0. The summed E-state index contributed by atoms with van der Waals surface area (Å²) in [6.07, 6.45) is 2.10. The number of aromatic nitrogens is 1. The van der Waals surface area contributed by atoms with E-state index in [0.29, 0.717) is 22.6 Å². The molecule has 128 valence electrons. The van der Waals surface area contributed by atoms with Gasteiger partial charge in [-0.05, 0) is 24.3 Å². The van der Waals surface area contributed by atoms with Crippen LogP contribution >= 0.6 is 0 Å². The van der Waals surface area contributed by atoms with Crippen LogP contribution in [0.5, 0.6) is 5.75 Å². The molecule has 2 heterocycles. The molecule has 6 heteroatoms. The van der Waals surface area contributed by atoms with E-state index >= 15 is 0 Å². The number of carbonyl (C=O) groups excluding carboxylic acids is 2. The van der Waals surface area contributed by atoms with Gasteiger partial charge in [0.15, 0.2) is 0 Å². The molecule has 0 saturated carbocycles. The number of anilines is 1. The number of nitrogens with one attached hydrogen (secondary N) is 1. The number of pyridine rings is 1. The third kappa shape index (κ3) is 2.57. The van der Waals surface area contributed by atoms with Crippen LogP contribution in [-0.2, 0) is 15.1 Å². The smallest absolute Gasteiger partial charge is 0.407 e. The Morgan fingerprint density at radius 2 is 1.73 bits per heavy atom. The maximum absolute atomic E-state index is 12.9.